The van der Waals surface area contributed by atoms with Crippen LogP contribution in [0.5, 0.6) is 0 Å². The number of aromatic nitrogens is 1. The number of rotatable bonds is 4. The minimum atomic E-state index is 0.264. The smallest absolute Gasteiger partial charge is 0.220 e. The van der Waals surface area contributed by atoms with Crippen LogP contribution in [0.3, 0.4) is 0 Å². The highest BCUT2D eigenvalue weighted by atomic mass is 32.1. The first-order chi connectivity index (χ1) is 11.8. The van der Waals surface area contributed by atoms with Crippen LogP contribution < -0.4 is 10.2 Å². The van der Waals surface area contributed by atoms with E-state index in [-0.39, 0.29) is 5.91 Å². The Morgan fingerprint density at radius 1 is 1.17 bits per heavy atom. The quantitative estimate of drug-likeness (QED) is 0.914. The van der Waals surface area contributed by atoms with E-state index in [0.29, 0.717) is 18.4 Å². The highest BCUT2D eigenvalue weighted by Gasteiger charge is 2.25. The van der Waals surface area contributed by atoms with Gasteiger partial charge in [0.15, 0.2) is 5.13 Å². The number of anilines is 1. The summed E-state index contributed by atoms with van der Waals surface area (Å²) in [5.41, 5.74) is 1.09. The second kappa shape index (κ2) is 7.09. The zero-order chi connectivity index (χ0) is 16.4. The molecule has 0 atom stereocenters. The second-order valence-electron chi connectivity index (χ2n) is 7.15. The van der Waals surface area contributed by atoms with Crippen molar-refractivity contribution in [1.29, 1.82) is 0 Å². The zero-order valence-electron chi connectivity index (χ0n) is 14.0. The van der Waals surface area contributed by atoms with Crippen molar-refractivity contribution in [3.8, 4) is 0 Å². The lowest BCUT2D eigenvalue weighted by atomic mass is 9.93. The molecule has 0 spiro atoms. The van der Waals surface area contributed by atoms with Crippen LogP contribution in [0.25, 0.3) is 10.2 Å². The number of para-hydroxylation sites is 1. The SMILES string of the molecule is O=C(CC1CCN(c2nc3ccccc3s2)CC1)NC1CCCC1. The average molecular weight is 343 g/mol. The van der Waals surface area contributed by atoms with Gasteiger partial charge in [-0.05, 0) is 43.7 Å². The van der Waals surface area contributed by atoms with Crippen molar-refractivity contribution < 1.29 is 4.79 Å². The van der Waals surface area contributed by atoms with Gasteiger partial charge in [-0.2, -0.15) is 0 Å². The fraction of sp³-hybridized carbons (Fsp3) is 0.579. The number of piperidine rings is 1. The normalized spacial score (nSPS) is 19.9. The third-order valence-corrected chi connectivity index (χ3v) is 6.46. The monoisotopic (exact) mass is 343 g/mol. The number of benzene rings is 1. The van der Waals surface area contributed by atoms with E-state index in [0.717, 1.165) is 36.6 Å². The molecule has 2 heterocycles. The Bertz CT molecular complexity index is 666. The van der Waals surface area contributed by atoms with Crippen LogP contribution >= 0.6 is 11.3 Å². The van der Waals surface area contributed by atoms with Gasteiger partial charge in [-0.1, -0.05) is 36.3 Å². The van der Waals surface area contributed by atoms with E-state index in [1.165, 1.54) is 30.4 Å². The molecule has 4 rings (SSSR count). The van der Waals surface area contributed by atoms with E-state index in [1.54, 1.807) is 11.3 Å². The second-order valence-corrected chi connectivity index (χ2v) is 8.16. The van der Waals surface area contributed by atoms with E-state index in [2.05, 4.69) is 28.4 Å². The minimum Gasteiger partial charge on any atom is -0.353 e. The molecule has 0 radical (unpaired) electrons. The van der Waals surface area contributed by atoms with Crippen LogP contribution in [-0.2, 0) is 4.79 Å². The van der Waals surface area contributed by atoms with Crippen molar-refractivity contribution in [2.75, 3.05) is 18.0 Å². The van der Waals surface area contributed by atoms with Gasteiger partial charge in [-0.25, -0.2) is 4.98 Å². The predicted molar refractivity (Wildman–Crippen MR) is 99.6 cm³/mol. The summed E-state index contributed by atoms with van der Waals surface area (Å²) in [5.74, 6) is 0.789. The van der Waals surface area contributed by atoms with Gasteiger partial charge in [0.05, 0.1) is 10.2 Å². The van der Waals surface area contributed by atoms with Gasteiger partial charge >= 0.3 is 0 Å². The minimum absolute atomic E-state index is 0.264. The number of amides is 1. The fourth-order valence-electron chi connectivity index (χ4n) is 3.94. The first kappa shape index (κ1) is 15.9. The van der Waals surface area contributed by atoms with Gasteiger partial charge in [0.2, 0.25) is 5.91 Å². The summed E-state index contributed by atoms with van der Waals surface area (Å²) in [6.45, 7) is 2.03. The fourth-order valence-corrected chi connectivity index (χ4v) is 4.96. The molecule has 2 aliphatic rings. The third kappa shape index (κ3) is 3.56. The molecule has 1 aromatic carbocycles. The van der Waals surface area contributed by atoms with Crippen LogP contribution in [0.4, 0.5) is 5.13 Å². The maximum atomic E-state index is 12.2. The Morgan fingerprint density at radius 3 is 2.67 bits per heavy atom. The van der Waals surface area contributed by atoms with Crippen LogP contribution in [-0.4, -0.2) is 30.0 Å². The summed E-state index contributed by atoms with van der Waals surface area (Å²) in [6, 6.07) is 8.77. The van der Waals surface area contributed by atoms with Gasteiger partial charge in [-0.15, -0.1) is 0 Å². The number of carbonyl (C=O) groups is 1. The van der Waals surface area contributed by atoms with Crippen molar-refractivity contribution in [1.82, 2.24) is 10.3 Å². The first-order valence-corrected chi connectivity index (χ1v) is 9.99. The molecule has 1 saturated carbocycles. The summed E-state index contributed by atoms with van der Waals surface area (Å²) in [5, 5.41) is 4.35. The lowest BCUT2D eigenvalue weighted by molar-refractivity contribution is -0.122. The molecule has 4 nitrogen and oxygen atoms in total. The molecule has 1 aromatic heterocycles. The molecular formula is C19H25N3OS. The maximum absolute atomic E-state index is 12.2. The Kier molecular flexibility index (Phi) is 4.69. The Hall–Kier alpha value is -1.62. The molecule has 2 fully saturated rings. The molecule has 1 aliphatic heterocycles. The molecule has 0 unspecified atom stereocenters. The van der Waals surface area contributed by atoms with E-state index >= 15 is 0 Å². The van der Waals surface area contributed by atoms with Gasteiger partial charge in [0, 0.05) is 25.6 Å². The molecule has 0 bridgehead atoms. The summed E-state index contributed by atoms with van der Waals surface area (Å²) in [6.07, 6.45) is 7.76. The van der Waals surface area contributed by atoms with Crippen molar-refractivity contribution in [2.45, 2.75) is 51.0 Å². The Morgan fingerprint density at radius 2 is 1.92 bits per heavy atom. The highest BCUT2D eigenvalue weighted by molar-refractivity contribution is 7.22. The van der Waals surface area contributed by atoms with E-state index in [1.807, 2.05) is 6.07 Å². The van der Waals surface area contributed by atoms with Crippen LogP contribution in [0.1, 0.15) is 44.9 Å². The van der Waals surface area contributed by atoms with Crippen molar-refractivity contribution in [3.63, 3.8) is 0 Å². The standard InChI is InChI=1S/C19H25N3OS/c23-18(20-15-5-1-2-6-15)13-14-9-11-22(12-10-14)19-21-16-7-3-4-8-17(16)24-19/h3-4,7-8,14-15H,1-2,5-6,9-13H2,(H,20,23). The van der Waals surface area contributed by atoms with Crippen molar-refractivity contribution >= 4 is 32.6 Å². The van der Waals surface area contributed by atoms with Gasteiger partial charge < -0.3 is 10.2 Å². The summed E-state index contributed by atoms with van der Waals surface area (Å²) in [4.78, 5) is 19.3. The van der Waals surface area contributed by atoms with E-state index in [4.69, 9.17) is 4.98 Å². The molecule has 1 N–H and O–H groups in total. The molecule has 1 saturated heterocycles. The predicted octanol–water partition coefficient (Wildman–Crippen LogP) is 3.96. The van der Waals surface area contributed by atoms with Crippen molar-refractivity contribution in [2.24, 2.45) is 5.92 Å². The molecule has 1 aliphatic carbocycles. The first-order valence-electron chi connectivity index (χ1n) is 9.18. The topological polar surface area (TPSA) is 45.2 Å². The van der Waals surface area contributed by atoms with Crippen LogP contribution in [0, 0.1) is 5.92 Å². The summed E-state index contributed by atoms with van der Waals surface area (Å²) >= 11 is 1.78. The van der Waals surface area contributed by atoms with E-state index in [9.17, 15) is 4.79 Å². The molecule has 128 valence electrons. The number of nitrogens with zero attached hydrogens (tertiary/aromatic N) is 2. The van der Waals surface area contributed by atoms with Crippen molar-refractivity contribution in [3.05, 3.63) is 24.3 Å². The number of fused-ring (bicyclic) bond motifs is 1. The Labute approximate surface area is 147 Å². The third-order valence-electron chi connectivity index (χ3n) is 5.36. The molecule has 24 heavy (non-hydrogen) atoms. The number of nitrogens with one attached hydrogen (secondary N) is 1. The zero-order valence-corrected chi connectivity index (χ0v) is 14.9. The number of thiazole rings is 1. The number of hydrogen-bond donors (Lipinski definition) is 1. The highest BCUT2D eigenvalue weighted by Crippen LogP contribution is 2.32. The summed E-state index contributed by atoms with van der Waals surface area (Å²) in [7, 11) is 0. The molecular weight excluding hydrogens is 318 g/mol. The summed E-state index contributed by atoms with van der Waals surface area (Å²) < 4.78 is 1.26. The Balaban J connectivity index is 1.29. The molecule has 1 amide bonds. The van der Waals surface area contributed by atoms with Gasteiger partial charge in [-0.3, -0.25) is 4.79 Å². The van der Waals surface area contributed by atoms with E-state index < -0.39 is 0 Å². The average Bonchev–Trinajstić information content (AvgIpc) is 3.24. The largest absolute Gasteiger partial charge is 0.353 e. The molecule has 5 heteroatoms. The van der Waals surface area contributed by atoms with Crippen LogP contribution in [0.2, 0.25) is 0 Å². The lowest BCUT2D eigenvalue weighted by Crippen LogP contribution is -2.38. The number of hydrogen-bond acceptors (Lipinski definition) is 4. The number of carbonyl (C=O) groups excluding carboxylic acids is 1. The van der Waals surface area contributed by atoms with Gasteiger partial charge in [0.25, 0.3) is 0 Å². The molecule has 2 aromatic rings. The van der Waals surface area contributed by atoms with Crippen LogP contribution in [0.15, 0.2) is 24.3 Å². The lowest BCUT2D eigenvalue weighted by Gasteiger charge is -2.31. The van der Waals surface area contributed by atoms with Gasteiger partial charge in [0.1, 0.15) is 0 Å². The maximum Gasteiger partial charge on any atom is 0.220 e.